The molecule has 0 saturated heterocycles. The van der Waals surface area contributed by atoms with E-state index in [-0.39, 0.29) is 59.6 Å². The van der Waals surface area contributed by atoms with Crippen LogP contribution < -0.4 is 0 Å². The zero-order valence-corrected chi connectivity index (χ0v) is 4.62. The predicted octanol–water partition coefficient (Wildman–Crippen LogP) is -0.388. The molecule has 0 fully saturated rings. The predicted molar refractivity (Wildman–Crippen MR) is 5.75 cm³/mol. The molecule has 0 bridgehead atoms. The van der Waals surface area contributed by atoms with Crippen LogP contribution in [0.5, 0.6) is 0 Å². The summed E-state index contributed by atoms with van der Waals surface area (Å²) in [7, 11) is 0. The van der Waals surface area contributed by atoms with E-state index in [1.54, 1.807) is 0 Å². The first-order valence-electron chi connectivity index (χ1n) is 0. The fourth-order valence-electron chi connectivity index (χ4n) is 0. The first kappa shape index (κ1) is 45.6. The van der Waals surface area contributed by atoms with Crippen molar-refractivity contribution in [2.24, 2.45) is 0 Å². The molecule has 0 aliphatic heterocycles. The minimum Gasteiger partial charge on any atom is 0 e. The van der Waals surface area contributed by atoms with Gasteiger partial charge in [0.25, 0.3) is 0 Å². The average Bonchev–Trinajstić information content (AvgIpc) is 0. The Labute approximate surface area is 59.5 Å². The quantitative estimate of drug-likeness (QED) is 0.459. The average molecular weight is 193 g/mol. The molecule has 0 aromatic carbocycles. The third-order valence-corrected chi connectivity index (χ3v) is 0. The molecule has 0 nitrogen and oxygen atoms in total. The molecule has 4 heavy (non-hydrogen) atoms. The van der Waals surface area contributed by atoms with Crippen molar-refractivity contribution in [1.82, 2.24) is 0 Å². The van der Waals surface area contributed by atoms with Crippen molar-refractivity contribution < 1.29 is 51.2 Å². The fraction of sp³-hybridized carbons (Fsp3) is 0. The van der Waals surface area contributed by atoms with Gasteiger partial charge in [-0.05, 0) is 0 Å². The molecule has 6 radical (unpaired) electrons. The molecule has 0 aromatic heterocycles. The summed E-state index contributed by atoms with van der Waals surface area (Å²) in [6.07, 6.45) is 0. The number of hydrogen-bond donors (Lipinski definition) is 0. The minimum absolute atomic E-state index is 0. The Morgan fingerprint density at radius 3 is 0.750 bits per heavy atom. The summed E-state index contributed by atoms with van der Waals surface area (Å²) in [5.41, 5.74) is 0. The summed E-state index contributed by atoms with van der Waals surface area (Å²) in [5, 5.41) is 0. The van der Waals surface area contributed by atoms with E-state index in [1.165, 1.54) is 0 Å². The molecule has 0 saturated carbocycles. The second kappa shape index (κ2) is 23.0. The SMILES string of the molecule is [B].[Cu].[Cu].[Mn]. The van der Waals surface area contributed by atoms with Crippen molar-refractivity contribution in [2.75, 3.05) is 0 Å². The molecule has 0 spiro atoms. The van der Waals surface area contributed by atoms with E-state index < -0.39 is 0 Å². The molecular weight excluding hydrogens is 193 g/mol. The summed E-state index contributed by atoms with van der Waals surface area (Å²) < 4.78 is 0. The van der Waals surface area contributed by atoms with Gasteiger partial charge in [-0.3, -0.25) is 0 Å². The Morgan fingerprint density at radius 2 is 0.750 bits per heavy atom. The molecule has 0 amide bonds. The van der Waals surface area contributed by atoms with Gasteiger partial charge in [0.05, 0.1) is 0 Å². The van der Waals surface area contributed by atoms with Gasteiger partial charge in [0, 0.05) is 59.6 Å². The maximum absolute atomic E-state index is 0. The van der Waals surface area contributed by atoms with Gasteiger partial charge in [-0.15, -0.1) is 0 Å². The van der Waals surface area contributed by atoms with Crippen molar-refractivity contribution in [3.8, 4) is 0 Å². The van der Waals surface area contributed by atoms with E-state index in [4.69, 9.17) is 0 Å². The molecule has 0 heterocycles. The zero-order valence-electron chi connectivity index (χ0n) is 1.56. The Morgan fingerprint density at radius 1 is 0.750 bits per heavy atom. The van der Waals surface area contributed by atoms with Crippen LogP contribution in [-0.4, -0.2) is 8.41 Å². The van der Waals surface area contributed by atoms with Gasteiger partial charge in [0.2, 0.25) is 0 Å². The van der Waals surface area contributed by atoms with Crippen molar-refractivity contribution in [1.29, 1.82) is 0 Å². The van der Waals surface area contributed by atoms with Crippen LogP contribution in [0.15, 0.2) is 0 Å². The summed E-state index contributed by atoms with van der Waals surface area (Å²) >= 11 is 0. The van der Waals surface area contributed by atoms with Gasteiger partial charge >= 0.3 is 0 Å². The molecule has 0 aromatic rings. The second-order valence-corrected chi connectivity index (χ2v) is 0. The zero-order chi connectivity index (χ0) is 0. The first-order chi connectivity index (χ1) is 0. The Hall–Kier alpha value is 1.62. The van der Waals surface area contributed by atoms with Gasteiger partial charge in [0.15, 0.2) is 0 Å². The fourth-order valence-corrected chi connectivity index (χ4v) is 0. The molecule has 32 valence electrons. The summed E-state index contributed by atoms with van der Waals surface area (Å²) in [5.74, 6) is 0. The molecule has 0 aliphatic carbocycles. The molecule has 4 heteroatoms. The van der Waals surface area contributed by atoms with Gasteiger partial charge in [-0.2, -0.15) is 0 Å². The van der Waals surface area contributed by atoms with E-state index in [2.05, 4.69) is 0 Å². The Balaban J connectivity index is 0. The van der Waals surface area contributed by atoms with Crippen LogP contribution in [0.25, 0.3) is 0 Å². The van der Waals surface area contributed by atoms with Crippen molar-refractivity contribution in [3.05, 3.63) is 0 Å². The van der Waals surface area contributed by atoms with Crippen molar-refractivity contribution in [3.63, 3.8) is 0 Å². The van der Waals surface area contributed by atoms with Crippen LogP contribution in [0.3, 0.4) is 0 Å². The molecule has 0 aliphatic rings. The normalized spacial score (nSPS) is 0. The van der Waals surface area contributed by atoms with Gasteiger partial charge in [-0.1, -0.05) is 0 Å². The molecule has 0 unspecified atom stereocenters. The topological polar surface area (TPSA) is 0 Å². The smallest absolute Gasteiger partial charge is 0 e. The third kappa shape index (κ3) is 9.46. The largest absolute Gasteiger partial charge is 0 e. The van der Waals surface area contributed by atoms with Crippen LogP contribution in [-0.2, 0) is 51.2 Å². The molecule has 0 rings (SSSR count). The van der Waals surface area contributed by atoms with Gasteiger partial charge in [0.1, 0.15) is 0 Å². The third-order valence-electron chi connectivity index (χ3n) is 0. The van der Waals surface area contributed by atoms with Crippen LogP contribution in [0.1, 0.15) is 0 Å². The van der Waals surface area contributed by atoms with E-state index >= 15 is 0 Å². The Bertz CT molecular complexity index is 6.00. The molecule has 0 N–H and O–H groups in total. The van der Waals surface area contributed by atoms with Gasteiger partial charge < -0.3 is 0 Å². The number of hydrogen-bond acceptors (Lipinski definition) is 0. The van der Waals surface area contributed by atoms with Crippen molar-refractivity contribution in [2.45, 2.75) is 0 Å². The minimum atomic E-state index is 0. The van der Waals surface area contributed by atoms with Crippen LogP contribution in [0.2, 0.25) is 0 Å². The second-order valence-electron chi connectivity index (χ2n) is 0. The van der Waals surface area contributed by atoms with E-state index in [1.807, 2.05) is 0 Å². The van der Waals surface area contributed by atoms with Crippen LogP contribution in [0.4, 0.5) is 0 Å². The summed E-state index contributed by atoms with van der Waals surface area (Å²) in [6.45, 7) is 0. The monoisotopic (exact) mass is 192 g/mol. The maximum Gasteiger partial charge on any atom is 0 e. The standard InChI is InChI=1S/B.2Cu.Mn. The molecular formula is BCu2Mn. The molecule has 0 atom stereocenters. The van der Waals surface area contributed by atoms with Crippen LogP contribution >= 0.6 is 0 Å². The van der Waals surface area contributed by atoms with Crippen LogP contribution in [0, 0.1) is 0 Å². The van der Waals surface area contributed by atoms with Crippen molar-refractivity contribution >= 4 is 8.41 Å². The van der Waals surface area contributed by atoms with Gasteiger partial charge in [-0.25, -0.2) is 0 Å². The summed E-state index contributed by atoms with van der Waals surface area (Å²) in [6, 6.07) is 0. The van der Waals surface area contributed by atoms with E-state index in [0.717, 1.165) is 0 Å². The number of rotatable bonds is 0. The first-order valence-corrected chi connectivity index (χ1v) is 0. The van der Waals surface area contributed by atoms with E-state index in [0.29, 0.717) is 0 Å². The maximum atomic E-state index is 0. The summed E-state index contributed by atoms with van der Waals surface area (Å²) in [4.78, 5) is 0. The Kier molecular flexibility index (Phi) is 263. The van der Waals surface area contributed by atoms with E-state index in [9.17, 15) is 0 Å².